The van der Waals surface area contributed by atoms with E-state index in [4.69, 9.17) is 25.0 Å². The van der Waals surface area contributed by atoms with Crippen molar-refractivity contribution in [3.63, 3.8) is 0 Å². The van der Waals surface area contributed by atoms with Crippen LogP contribution in [-0.2, 0) is 42.9 Å². The number of hydrogen-bond acceptors (Lipinski definition) is 13. The molecule has 2 aromatic heterocycles. The number of aromatic amines is 1. The van der Waals surface area contributed by atoms with Crippen LogP contribution in [0.25, 0.3) is 11.2 Å². The van der Waals surface area contributed by atoms with Crippen molar-refractivity contribution in [2.75, 3.05) is 12.3 Å². The zero-order chi connectivity index (χ0) is 28.6. The van der Waals surface area contributed by atoms with Crippen LogP contribution in [0.1, 0.15) is 11.8 Å². The van der Waals surface area contributed by atoms with Gasteiger partial charge in [0.2, 0.25) is 5.95 Å². The predicted octanol–water partition coefficient (Wildman–Crippen LogP) is -0.111. The van der Waals surface area contributed by atoms with Crippen LogP contribution in [0.2, 0.25) is 0 Å². The van der Waals surface area contributed by atoms with Gasteiger partial charge in [0.15, 0.2) is 17.4 Å². The lowest BCUT2D eigenvalue weighted by molar-refractivity contribution is -0.0639. The van der Waals surface area contributed by atoms with Gasteiger partial charge in [0.1, 0.15) is 18.3 Å². The lowest BCUT2D eigenvalue weighted by atomic mass is 10.1. The summed E-state index contributed by atoms with van der Waals surface area (Å²) in [6.07, 6.45) is -4.32. The van der Waals surface area contributed by atoms with Gasteiger partial charge in [-0.3, -0.25) is 18.9 Å². The number of phosphoric acid groups is 3. The number of fused-ring (bicyclic) bond motifs is 1. The fraction of sp³-hybridized carbons (Fsp3) is 0.353. The van der Waals surface area contributed by atoms with E-state index >= 15 is 0 Å². The molecule has 0 radical (unpaired) electrons. The van der Waals surface area contributed by atoms with E-state index in [2.05, 4.69) is 28.1 Å². The molecule has 39 heavy (non-hydrogen) atoms. The molecule has 8 N–H and O–H groups in total. The number of aromatic nitrogens is 4. The average molecular weight is 613 g/mol. The van der Waals surface area contributed by atoms with Gasteiger partial charge in [0.05, 0.1) is 19.5 Å². The van der Waals surface area contributed by atoms with E-state index in [9.17, 15) is 33.4 Å². The molecule has 3 heterocycles. The molecule has 6 atom stereocenters. The van der Waals surface area contributed by atoms with Crippen molar-refractivity contribution in [1.82, 2.24) is 19.5 Å². The van der Waals surface area contributed by atoms with E-state index in [1.807, 2.05) is 0 Å². The molecule has 0 saturated carbocycles. The Morgan fingerprint density at radius 2 is 1.77 bits per heavy atom. The molecule has 0 spiro atoms. The molecule has 0 amide bonds. The van der Waals surface area contributed by atoms with E-state index in [1.165, 1.54) is 4.57 Å². The number of ether oxygens (including phenoxy) is 2. The van der Waals surface area contributed by atoms with Gasteiger partial charge in [-0.1, -0.05) is 30.3 Å². The summed E-state index contributed by atoms with van der Waals surface area (Å²) in [5.41, 5.74) is 5.45. The Morgan fingerprint density at radius 1 is 1.08 bits per heavy atom. The lowest BCUT2D eigenvalue weighted by Crippen LogP contribution is -2.36. The first kappa shape index (κ1) is 29.6. The first-order valence-corrected chi connectivity index (χ1v) is 15.2. The van der Waals surface area contributed by atoms with Crippen LogP contribution < -0.4 is 11.3 Å². The smallest absolute Gasteiger partial charge is 0.386 e. The minimum absolute atomic E-state index is 0.0556. The molecule has 1 saturated heterocycles. The molecular weight excluding hydrogens is 591 g/mol. The van der Waals surface area contributed by atoms with Crippen molar-refractivity contribution in [2.45, 2.75) is 31.1 Å². The number of nitrogens with zero attached hydrogens (tertiary/aromatic N) is 3. The third-order valence-electron chi connectivity index (χ3n) is 5.14. The van der Waals surface area contributed by atoms with Gasteiger partial charge in [-0.2, -0.15) is 13.6 Å². The molecule has 1 aliphatic rings. The molecule has 1 aromatic carbocycles. The van der Waals surface area contributed by atoms with Gasteiger partial charge >= 0.3 is 23.5 Å². The van der Waals surface area contributed by atoms with E-state index in [0.717, 1.165) is 6.33 Å². The number of nitrogens with one attached hydrogen (secondary N) is 1. The molecule has 0 aliphatic carbocycles. The fourth-order valence-corrected chi connectivity index (χ4v) is 6.69. The summed E-state index contributed by atoms with van der Waals surface area (Å²) in [5, 5.41) is 11.1. The topological polar surface area (TPSA) is 288 Å². The molecule has 4 rings (SSSR count). The number of phosphoric ester groups is 1. The molecule has 22 heteroatoms. The second-order valence-electron chi connectivity index (χ2n) is 7.98. The Bertz CT molecular complexity index is 1530. The van der Waals surface area contributed by atoms with Gasteiger partial charge in [-0.15, -0.1) is 0 Å². The standard InChI is InChI=1S/C17H22N5O14P3/c18-17-20-14-11(15(24)21-17)19-8-22(14)16-12(23)13(32-6-9-4-2-1-3-5-9)10(34-16)7-33-38(28,29)36-39(30,31)35-37(25,26)27/h1-5,8,10,12-13,16,23H,6-7H2,(H,28,29)(H,30,31)(H2,25,26,27)(H3,18,20,21,24). The first-order valence-electron chi connectivity index (χ1n) is 10.6. The summed E-state index contributed by atoms with van der Waals surface area (Å²) >= 11 is 0. The quantitative estimate of drug-likeness (QED) is 0.139. The molecule has 19 nitrogen and oxygen atoms in total. The molecule has 1 aliphatic heterocycles. The Hall–Kier alpha value is -2.34. The molecule has 0 bridgehead atoms. The Kier molecular flexibility index (Phi) is 8.56. The monoisotopic (exact) mass is 613 g/mol. The van der Waals surface area contributed by atoms with E-state index in [0.29, 0.717) is 5.56 Å². The number of aliphatic hydroxyl groups excluding tert-OH is 1. The van der Waals surface area contributed by atoms with Crippen LogP contribution >= 0.6 is 23.5 Å². The summed E-state index contributed by atoms with van der Waals surface area (Å²) in [6.45, 7) is -0.959. The molecular formula is C17H22N5O14P3. The van der Waals surface area contributed by atoms with Crippen molar-refractivity contribution in [1.29, 1.82) is 0 Å². The van der Waals surface area contributed by atoms with Crippen molar-refractivity contribution in [2.24, 2.45) is 0 Å². The van der Waals surface area contributed by atoms with Crippen LogP contribution in [0.3, 0.4) is 0 Å². The highest BCUT2D eigenvalue weighted by atomic mass is 31.3. The molecule has 214 valence electrons. The third kappa shape index (κ3) is 7.45. The maximum absolute atomic E-state index is 12.2. The summed E-state index contributed by atoms with van der Waals surface area (Å²) in [4.78, 5) is 58.8. The number of benzene rings is 1. The van der Waals surface area contributed by atoms with Gasteiger partial charge in [-0.25, -0.2) is 18.7 Å². The number of imidazole rings is 1. The number of nitrogen functional groups attached to an aromatic ring is 1. The summed E-state index contributed by atoms with van der Waals surface area (Å²) in [5.74, 6) is -0.247. The number of rotatable bonds is 11. The largest absolute Gasteiger partial charge is 0.490 e. The fourth-order valence-electron chi connectivity index (χ4n) is 3.66. The predicted molar refractivity (Wildman–Crippen MR) is 127 cm³/mol. The van der Waals surface area contributed by atoms with Gasteiger partial charge in [0.25, 0.3) is 5.56 Å². The Labute approximate surface area is 217 Å². The summed E-state index contributed by atoms with van der Waals surface area (Å²) in [7, 11) is -16.8. The van der Waals surface area contributed by atoms with E-state index in [1.54, 1.807) is 30.3 Å². The number of H-pyrrole nitrogens is 1. The maximum Gasteiger partial charge on any atom is 0.490 e. The summed E-state index contributed by atoms with van der Waals surface area (Å²) < 4.78 is 59.4. The molecule has 6 unspecified atom stereocenters. The minimum atomic E-state index is -5.75. The zero-order valence-corrected chi connectivity index (χ0v) is 22.0. The van der Waals surface area contributed by atoms with Gasteiger partial charge < -0.3 is 39.9 Å². The highest BCUT2D eigenvalue weighted by Gasteiger charge is 2.48. The average Bonchev–Trinajstić information content (AvgIpc) is 3.35. The van der Waals surface area contributed by atoms with Crippen molar-refractivity contribution in [3.8, 4) is 0 Å². The number of anilines is 1. The zero-order valence-electron chi connectivity index (χ0n) is 19.4. The Balaban J connectivity index is 1.56. The van der Waals surface area contributed by atoms with Crippen LogP contribution in [-0.4, -0.2) is 69.1 Å². The summed E-state index contributed by atoms with van der Waals surface area (Å²) in [6, 6.07) is 8.69. The van der Waals surface area contributed by atoms with Crippen LogP contribution in [0.15, 0.2) is 41.5 Å². The Morgan fingerprint density at radius 3 is 2.44 bits per heavy atom. The number of nitrogens with two attached hydrogens (primary N) is 1. The highest BCUT2D eigenvalue weighted by Crippen LogP contribution is 2.66. The molecule has 3 aromatic rings. The normalized spacial score (nSPS) is 24.9. The van der Waals surface area contributed by atoms with Crippen LogP contribution in [0.5, 0.6) is 0 Å². The third-order valence-corrected chi connectivity index (χ3v) is 8.94. The van der Waals surface area contributed by atoms with Crippen molar-refractivity contribution in [3.05, 3.63) is 52.6 Å². The first-order chi connectivity index (χ1) is 18.1. The number of aliphatic hydroxyl groups is 1. The van der Waals surface area contributed by atoms with Crippen molar-refractivity contribution >= 4 is 40.6 Å². The minimum Gasteiger partial charge on any atom is -0.386 e. The molecule has 1 fully saturated rings. The lowest BCUT2D eigenvalue weighted by Gasteiger charge is -2.22. The van der Waals surface area contributed by atoms with Gasteiger partial charge in [0, 0.05) is 0 Å². The van der Waals surface area contributed by atoms with Crippen LogP contribution in [0, 0.1) is 0 Å². The second-order valence-corrected chi connectivity index (χ2v) is 12.4. The van der Waals surface area contributed by atoms with E-state index < -0.39 is 60.2 Å². The van der Waals surface area contributed by atoms with Crippen molar-refractivity contribution < 1.29 is 61.0 Å². The van der Waals surface area contributed by atoms with E-state index in [-0.39, 0.29) is 23.7 Å². The maximum atomic E-state index is 12.2. The van der Waals surface area contributed by atoms with Crippen LogP contribution in [0.4, 0.5) is 5.95 Å². The second kappa shape index (κ2) is 11.3. The SMILES string of the molecule is Nc1nc2c(ncn2C2OC(COP(=O)(O)OP(=O)(O)OP(=O)(O)O)C(OCc3ccccc3)C2O)c(=O)[nH]1. The number of hydrogen-bond donors (Lipinski definition) is 7. The van der Waals surface area contributed by atoms with Gasteiger partial charge in [-0.05, 0) is 5.56 Å². The highest BCUT2D eigenvalue weighted by molar-refractivity contribution is 7.66.